The lowest BCUT2D eigenvalue weighted by Crippen LogP contribution is -2.15. The SMILES string of the molecule is CC1(C)c2cc(-c3ccc(-c4ccccccc(-c5ccccc5)c5ccccc45)cc3)ccc2-c2c1c1ccccc1c1sc3ccccc3c21. The van der Waals surface area contributed by atoms with E-state index in [0.29, 0.717) is 0 Å². The molecule has 0 N–H and O–H groups in total. The molecule has 0 unspecified atom stereocenters. The summed E-state index contributed by atoms with van der Waals surface area (Å²) in [5.74, 6) is 0. The van der Waals surface area contributed by atoms with Crippen LogP contribution < -0.4 is 0 Å². The molecular formula is C51H36S. The van der Waals surface area contributed by atoms with Crippen LogP contribution in [0.25, 0.3) is 86.2 Å². The molecule has 0 radical (unpaired) electrons. The third kappa shape index (κ3) is 4.74. The monoisotopic (exact) mass is 680 g/mol. The summed E-state index contributed by atoms with van der Waals surface area (Å²) in [6.45, 7) is 4.84. The average molecular weight is 681 g/mol. The first kappa shape index (κ1) is 30.8. The Morgan fingerprint density at radius 3 is 1.58 bits per heavy atom. The van der Waals surface area contributed by atoms with E-state index in [1.807, 2.05) is 11.3 Å². The van der Waals surface area contributed by atoms with Gasteiger partial charge in [-0.15, -0.1) is 11.3 Å². The first-order chi connectivity index (χ1) is 25.6. The van der Waals surface area contributed by atoms with Crippen molar-refractivity contribution in [3.8, 4) is 44.5 Å². The molecule has 0 fully saturated rings. The van der Waals surface area contributed by atoms with Crippen molar-refractivity contribution in [3.63, 3.8) is 0 Å². The smallest absolute Gasteiger partial charge is 0.0440 e. The molecule has 0 spiro atoms. The van der Waals surface area contributed by atoms with Crippen molar-refractivity contribution in [2.75, 3.05) is 0 Å². The van der Waals surface area contributed by atoms with Crippen molar-refractivity contribution >= 4 is 53.1 Å². The van der Waals surface area contributed by atoms with Crippen LogP contribution in [0.1, 0.15) is 25.0 Å². The van der Waals surface area contributed by atoms with Crippen LogP contribution >= 0.6 is 11.3 Å². The topological polar surface area (TPSA) is 0 Å². The Balaban J connectivity index is 1.12. The van der Waals surface area contributed by atoms with E-state index in [2.05, 4.69) is 196 Å². The molecule has 0 saturated carbocycles. The summed E-state index contributed by atoms with van der Waals surface area (Å²) >= 11 is 1.93. The zero-order valence-electron chi connectivity index (χ0n) is 29.2. The fraction of sp³-hybridized carbons (Fsp3) is 0.0588. The van der Waals surface area contributed by atoms with E-state index in [1.54, 1.807) is 0 Å². The van der Waals surface area contributed by atoms with Gasteiger partial charge in [-0.3, -0.25) is 0 Å². The second-order valence-electron chi connectivity index (χ2n) is 14.4. The standard InChI is InChI=1S/C51H36S/c1-51(2)45-32-36(30-31-43(45)47-48-44-24-14-15-25-46(44)52-50(48)42-23-13-12-22-41(42)49(47)51)33-26-28-35(29-27-33)38-19-9-4-3-8-18-37(34-16-6-5-7-17-34)39-20-10-11-21-40(38)39/h3-32H,1-2H3. The lowest BCUT2D eigenvalue weighted by Gasteiger charge is -2.24. The van der Waals surface area contributed by atoms with E-state index >= 15 is 0 Å². The second kappa shape index (κ2) is 12.0. The van der Waals surface area contributed by atoms with Crippen molar-refractivity contribution in [3.05, 3.63) is 193 Å². The van der Waals surface area contributed by atoms with E-state index in [1.165, 1.54) is 97.4 Å². The maximum Gasteiger partial charge on any atom is 0.0440 e. The van der Waals surface area contributed by atoms with Gasteiger partial charge in [0.2, 0.25) is 0 Å². The predicted octanol–water partition coefficient (Wildman–Crippen LogP) is 14.8. The van der Waals surface area contributed by atoms with Crippen molar-refractivity contribution < 1.29 is 0 Å². The van der Waals surface area contributed by atoms with Gasteiger partial charge in [-0.1, -0.05) is 184 Å². The van der Waals surface area contributed by atoms with E-state index < -0.39 is 0 Å². The van der Waals surface area contributed by atoms with Crippen molar-refractivity contribution in [1.82, 2.24) is 0 Å². The molecule has 0 nitrogen and oxygen atoms in total. The highest BCUT2D eigenvalue weighted by molar-refractivity contribution is 7.26. The van der Waals surface area contributed by atoms with Gasteiger partial charge >= 0.3 is 0 Å². The molecule has 0 amide bonds. The van der Waals surface area contributed by atoms with E-state index in [9.17, 15) is 0 Å². The largest absolute Gasteiger partial charge is 0.135 e. The minimum atomic E-state index is -0.146. The Kier molecular flexibility index (Phi) is 7.13. The molecule has 0 bridgehead atoms. The zero-order chi connectivity index (χ0) is 34.8. The highest BCUT2D eigenvalue weighted by Crippen LogP contribution is 2.57. The quantitative estimate of drug-likeness (QED) is 0.174. The lowest BCUT2D eigenvalue weighted by atomic mass is 9.79. The van der Waals surface area contributed by atoms with E-state index in [0.717, 1.165) is 0 Å². The predicted molar refractivity (Wildman–Crippen MR) is 226 cm³/mol. The minimum Gasteiger partial charge on any atom is -0.135 e. The second-order valence-corrected chi connectivity index (χ2v) is 15.5. The Morgan fingerprint density at radius 2 is 0.885 bits per heavy atom. The van der Waals surface area contributed by atoms with Gasteiger partial charge < -0.3 is 0 Å². The molecule has 1 heterocycles. The molecule has 0 atom stereocenters. The third-order valence-electron chi connectivity index (χ3n) is 11.1. The van der Waals surface area contributed by atoms with Crippen LogP contribution in [0.2, 0.25) is 0 Å². The van der Waals surface area contributed by atoms with Gasteiger partial charge in [0.05, 0.1) is 0 Å². The number of hydrogen-bond donors (Lipinski definition) is 0. The lowest BCUT2D eigenvalue weighted by molar-refractivity contribution is 0.667. The zero-order valence-corrected chi connectivity index (χ0v) is 30.0. The van der Waals surface area contributed by atoms with Crippen LogP contribution in [0.5, 0.6) is 0 Å². The van der Waals surface area contributed by atoms with Gasteiger partial charge in [0.1, 0.15) is 0 Å². The van der Waals surface area contributed by atoms with Crippen molar-refractivity contribution in [1.29, 1.82) is 0 Å². The molecule has 10 rings (SSSR count). The Bertz CT molecular complexity index is 2910. The van der Waals surface area contributed by atoms with Crippen LogP contribution in [0.15, 0.2) is 182 Å². The molecule has 1 aliphatic carbocycles. The van der Waals surface area contributed by atoms with E-state index in [4.69, 9.17) is 0 Å². The number of fused-ring (bicyclic) bond motifs is 11. The molecule has 1 heteroatoms. The first-order valence-electron chi connectivity index (χ1n) is 18.1. The summed E-state index contributed by atoms with van der Waals surface area (Å²) in [5, 5.41) is 7.96. The van der Waals surface area contributed by atoms with Gasteiger partial charge in [-0.2, -0.15) is 0 Å². The fourth-order valence-corrected chi connectivity index (χ4v) is 9.93. The summed E-state index contributed by atoms with van der Waals surface area (Å²) in [4.78, 5) is 0. The molecular weight excluding hydrogens is 645 g/mol. The highest BCUT2D eigenvalue weighted by atomic mass is 32.1. The van der Waals surface area contributed by atoms with E-state index in [-0.39, 0.29) is 5.41 Å². The summed E-state index contributed by atoms with van der Waals surface area (Å²) in [7, 11) is 0. The van der Waals surface area contributed by atoms with Gasteiger partial charge in [-0.05, 0) is 89.3 Å². The maximum absolute atomic E-state index is 2.46. The molecule has 0 aliphatic heterocycles. The van der Waals surface area contributed by atoms with Crippen LogP contribution in [-0.4, -0.2) is 0 Å². The Morgan fingerprint density at radius 1 is 0.385 bits per heavy atom. The van der Waals surface area contributed by atoms with Crippen molar-refractivity contribution in [2.45, 2.75) is 19.3 Å². The number of rotatable bonds is 3. The maximum atomic E-state index is 2.46. The molecule has 1 aromatic heterocycles. The number of benzene rings is 7. The normalized spacial score (nSPS) is 13.0. The Labute approximate surface area is 308 Å². The van der Waals surface area contributed by atoms with Crippen LogP contribution in [-0.2, 0) is 5.41 Å². The van der Waals surface area contributed by atoms with Crippen molar-refractivity contribution in [2.24, 2.45) is 0 Å². The molecule has 0 saturated heterocycles. The summed E-state index contributed by atoms with van der Waals surface area (Å²) < 4.78 is 2.75. The molecule has 246 valence electrons. The third-order valence-corrected chi connectivity index (χ3v) is 12.3. The van der Waals surface area contributed by atoms with Crippen LogP contribution in [0.3, 0.4) is 0 Å². The summed E-state index contributed by atoms with van der Waals surface area (Å²) in [6.07, 6.45) is 0. The van der Waals surface area contributed by atoms with Gasteiger partial charge in [-0.25, -0.2) is 0 Å². The highest BCUT2D eigenvalue weighted by Gasteiger charge is 2.39. The first-order valence-corrected chi connectivity index (χ1v) is 18.9. The van der Waals surface area contributed by atoms with Crippen LogP contribution in [0, 0.1) is 0 Å². The number of hydrogen-bond acceptors (Lipinski definition) is 1. The average Bonchev–Trinajstić information content (AvgIpc) is 3.69. The van der Waals surface area contributed by atoms with Gasteiger partial charge in [0.15, 0.2) is 0 Å². The summed E-state index contributed by atoms with van der Waals surface area (Å²) in [6, 6.07) is 66.8. The minimum absolute atomic E-state index is 0.146. The summed E-state index contributed by atoms with van der Waals surface area (Å²) in [5.41, 5.74) is 12.8. The Hall–Kier alpha value is -6.02. The fourth-order valence-electron chi connectivity index (χ4n) is 8.68. The number of thiophene rings is 1. The molecule has 52 heavy (non-hydrogen) atoms. The molecule has 9 aromatic rings. The van der Waals surface area contributed by atoms with Crippen LogP contribution in [0.4, 0.5) is 0 Å². The molecule has 1 aliphatic rings. The van der Waals surface area contributed by atoms with Gasteiger partial charge in [0, 0.05) is 25.6 Å². The molecule has 8 aromatic carbocycles. The van der Waals surface area contributed by atoms with Gasteiger partial charge in [0.25, 0.3) is 0 Å².